The molecule has 1 fully saturated rings. The van der Waals surface area contributed by atoms with E-state index in [1.165, 1.54) is 19.1 Å². The second-order valence-corrected chi connectivity index (χ2v) is 11.7. The number of benzene rings is 3. The van der Waals surface area contributed by atoms with Gasteiger partial charge < -0.3 is 4.74 Å². The van der Waals surface area contributed by atoms with Crippen molar-refractivity contribution in [2.45, 2.75) is 89.4 Å². The first-order chi connectivity index (χ1) is 20.2. The number of halogens is 6. The maximum absolute atomic E-state index is 15.4. The first kappa shape index (κ1) is 30.2. The minimum absolute atomic E-state index is 0.0862. The van der Waals surface area contributed by atoms with Gasteiger partial charge in [-0.15, -0.1) is 0 Å². The highest BCUT2D eigenvalue weighted by atomic mass is 19.2. The summed E-state index contributed by atoms with van der Waals surface area (Å²) in [7, 11) is 0. The largest absolute Gasteiger partial charge is 0.490 e. The number of aryl methyl sites for hydroxylation is 1. The van der Waals surface area contributed by atoms with Crippen molar-refractivity contribution in [3.63, 3.8) is 0 Å². The number of ether oxygens (including phenoxy) is 1. The fourth-order valence-corrected chi connectivity index (χ4v) is 6.48. The molecule has 1 unspecified atom stereocenters. The van der Waals surface area contributed by atoms with E-state index in [1.54, 1.807) is 30.3 Å². The molecule has 0 heterocycles. The predicted molar refractivity (Wildman–Crippen MR) is 153 cm³/mol. The Kier molecular flexibility index (Phi) is 9.34. The smallest absolute Gasteiger partial charge is 0.200 e. The lowest BCUT2D eigenvalue weighted by Gasteiger charge is -2.30. The quantitative estimate of drug-likeness (QED) is 0.188. The summed E-state index contributed by atoms with van der Waals surface area (Å²) >= 11 is 0. The van der Waals surface area contributed by atoms with Gasteiger partial charge in [0, 0.05) is 5.56 Å². The molecule has 0 N–H and O–H groups in total. The summed E-state index contributed by atoms with van der Waals surface area (Å²) in [6.45, 7) is 3.82. The lowest BCUT2D eigenvalue weighted by atomic mass is 9.75. The molecule has 5 rings (SSSR count). The van der Waals surface area contributed by atoms with Gasteiger partial charge in [0.25, 0.3) is 0 Å². The van der Waals surface area contributed by atoms with Gasteiger partial charge in [-0.25, -0.2) is 22.0 Å². The third-order valence-electron chi connectivity index (χ3n) is 9.05. The van der Waals surface area contributed by atoms with Gasteiger partial charge in [-0.2, -0.15) is 4.39 Å². The molecule has 224 valence electrons. The number of hydrogen-bond acceptors (Lipinski definition) is 1. The Morgan fingerprint density at radius 1 is 0.643 bits per heavy atom. The van der Waals surface area contributed by atoms with Gasteiger partial charge in [0.15, 0.2) is 34.8 Å². The van der Waals surface area contributed by atoms with Crippen LogP contribution >= 0.6 is 0 Å². The molecule has 0 amide bonds. The highest BCUT2D eigenvalue weighted by Crippen LogP contribution is 2.44. The molecule has 3 aromatic rings. The van der Waals surface area contributed by atoms with Crippen molar-refractivity contribution in [2.24, 2.45) is 0 Å². The average Bonchev–Trinajstić information content (AvgIpc) is 3.00. The van der Waals surface area contributed by atoms with Crippen LogP contribution in [-0.4, -0.2) is 6.61 Å². The number of allylic oxidation sites excluding steroid dienone is 2. The average molecular weight is 587 g/mol. The van der Waals surface area contributed by atoms with E-state index < -0.39 is 34.9 Å². The SMILES string of the molecule is CCCCOc1ccc(C2CCC(c3ccc(C4CC=C(c5ccc(C)c(F)c5F)CC4)c(F)c3F)CC2)c(F)c1F. The number of unbranched alkanes of at least 4 members (excludes halogenated alkanes) is 1. The second-order valence-electron chi connectivity index (χ2n) is 11.7. The van der Waals surface area contributed by atoms with E-state index in [2.05, 4.69) is 0 Å². The van der Waals surface area contributed by atoms with Crippen molar-refractivity contribution in [1.29, 1.82) is 0 Å². The second kappa shape index (κ2) is 13.0. The molecule has 7 heteroatoms. The Balaban J connectivity index is 1.24. The maximum atomic E-state index is 15.4. The summed E-state index contributed by atoms with van der Waals surface area (Å²) in [6.07, 6.45) is 6.88. The Bertz CT molecular complexity index is 1470. The zero-order valence-corrected chi connectivity index (χ0v) is 24.0. The van der Waals surface area contributed by atoms with E-state index >= 15 is 8.78 Å². The summed E-state index contributed by atoms with van der Waals surface area (Å²) in [4.78, 5) is 0. The molecule has 0 aromatic heterocycles. The van der Waals surface area contributed by atoms with Crippen LogP contribution in [0.1, 0.15) is 110 Å². The lowest BCUT2D eigenvalue weighted by Crippen LogP contribution is -2.16. The first-order valence-electron chi connectivity index (χ1n) is 14.9. The van der Waals surface area contributed by atoms with E-state index in [4.69, 9.17) is 4.74 Å². The molecule has 0 bridgehead atoms. The molecule has 3 aromatic carbocycles. The van der Waals surface area contributed by atoms with Crippen molar-refractivity contribution in [2.75, 3.05) is 6.61 Å². The van der Waals surface area contributed by atoms with Gasteiger partial charge in [0.05, 0.1) is 6.61 Å². The van der Waals surface area contributed by atoms with E-state index in [9.17, 15) is 17.6 Å². The van der Waals surface area contributed by atoms with Gasteiger partial charge in [0.1, 0.15) is 0 Å². The summed E-state index contributed by atoms with van der Waals surface area (Å²) < 4.78 is 94.1. The van der Waals surface area contributed by atoms with Crippen molar-refractivity contribution in [1.82, 2.24) is 0 Å². The summed E-state index contributed by atoms with van der Waals surface area (Å²) in [6, 6.07) is 9.44. The molecule has 0 saturated heterocycles. The lowest BCUT2D eigenvalue weighted by molar-refractivity contribution is 0.286. The maximum Gasteiger partial charge on any atom is 0.200 e. The summed E-state index contributed by atoms with van der Waals surface area (Å²) in [5.41, 5.74) is 2.02. The Morgan fingerprint density at radius 3 is 1.79 bits per heavy atom. The number of rotatable bonds is 8. The zero-order valence-electron chi connectivity index (χ0n) is 24.0. The van der Waals surface area contributed by atoms with Crippen molar-refractivity contribution < 1.29 is 31.1 Å². The predicted octanol–water partition coefficient (Wildman–Crippen LogP) is 10.8. The summed E-state index contributed by atoms with van der Waals surface area (Å²) in [5, 5.41) is 0. The third kappa shape index (κ3) is 5.97. The van der Waals surface area contributed by atoms with Gasteiger partial charge in [0.2, 0.25) is 5.82 Å². The van der Waals surface area contributed by atoms with E-state index in [0.29, 0.717) is 68.3 Å². The molecule has 0 aliphatic heterocycles. The van der Waals surface area contributed by atoms with Crippen LogP contribution in [0.3, 0.4) is 0 Å². The minimum Gasteiger partial charge on any atom is -0.490 e. The molecule has 1 nitrogen and oxygen atoms in total. The Hall–Kier alpha value is -3.22. The first-order valence-corrected chi connectivity index (χ1v) is 14.9. The molecule has 2 aliphatic carbocycles. The van der Waals surface area contributed by atoms with Crippen LogP contribution in [-0.2, 0) is 0 Å². The normalized spacial score (nSPS) is 20.9. The van der Waals surface area contributed by atoms with E-state index in [-0.39, 0.29) is 40.2 Å². The molecule has 42 heavy (non-hydrogen) atoms. The molecular formula is C35H36F6O. The molecule has 2 aliphatic rings. The van der Waals surface area contributed by atoms with Crippen LogP contribution in [0.4, 0.5) is 26.3 Å². The molecule has 0 spiro atoms. The Morgan fingerprint density at radius 2 is 1.21 bits per heavy atom. The number of hydrogen-bond donors (Lipinski definition) is 0. The van der Waals surface area contributed by atoms with E-state index in [0.717, 1.165) is 12.8 Å². The highest BCUT2D eigenvalue weighted by Gasteiger charge is 2.31. The van der Waals surface area contributed by atoms with Crippen LogP contribution in [0.5, 0.6) is 5.75 Å². The monoisotopic (exact) mass is 586 g/mol. The van der Waals surface area contributed by atoms with Crippen LogP contribution in [0.15, 0.2) is 42.5 Å². The van der Waals surface area contributed by atoms with Gasteiger partial charge >= 0.3 is 0 Å². The van der Waals surface area contributed by atoms with E-state index in [1.807, 2.05) is 6.92 Å². The van der Waals surface area contributed by atoms with Crippen LogP contribution < -0.4 is 4.74 Å². The van der Waals surface area contributed by atoms with Crippen LogP contribution in [0.2, 0.25) is 0 Å². The van der Waals surface area contributed by atoms with Gasteiger partial charge in [-0.05, 0) is 110 Å². The topological polar surface area (TPSA) is 9.23 Å². The fraction of sp³-hybridized carbons (Fsp3) is 0.429. The van der Waals surface area contributed by atoms with Crippen molar-refractivity contribution in [3.8, 4) is 5.75 Å². The molecule has 0 radical (unpaired) electrons. The standard InChI is InChI=1S/C35H36F6O/c1-3-4-19-42-29-18-17-28(34(40)35(29)41)24-12-10-23(11-13-24)27-16-15-26(32(38)33(27)39)22-8-6-21(7-9-22)25-14-5-20(2)30(36)31(25)37/h5-6,14-18,22-24H,3-4,7-13,19H2,1-2H3. The molecular weight excluding hydrogens is 550 g/mol. The third-order valence-corrected chi connectivity index (χ3v) is 9.05. The highest BCUT2D eigenvalue weighted by molar-refractivity contribution is 5.67. The van der Waals surface area contributed by atoms with Crippen molar-refractivity contribution in [3.05, 3.63) is 105 Å². The van der Waals surface area contributed by atoms with Crippen LogP contribution in [0.25, 0.3) is 5.57 Å². The summed E-state index contributed by atoms with van der Waals surface area (Å²) in [5.74, 6) is -6.11. The molecule has 1 saturated carbocycles. The minimum atomic E-state index is -0.977. The molecule has 1 atom stereocenters. The van der Waals surface area contributed by atoms with Crippen molar-refractivity contribution >= 4 is 5.57 Å². The fourth-order valence-electron chi connectivity index (χ4n) is 6.48. The Labute approximate surface area is 243 Å². The van der Waals surface area contributed by atoms with Gasteiger partial charge in [-0.3, -0.25) is 0 Å². The van der Waals surface area contributed by atoms with Crippen LogP contribution in [0, 0.1) is 41.8 Å². The van der Waals surface area contributed by atoms with Gasteiger partial charge in [-0.1, -0.05) is 49.8 Å². The zero-order chi connectivity index (χ0) is 30.0.